The topological polar surface area (TPSA) is 78.2 Å². The summed E-state index contributed by atoms with van der Waals surface area (Å²) in [7, 11) is 4.04. The van der Waals surface area contributed by atoms with Gasteiger partial charge in [-0.25, -0.2) is 9.59 Å². The van der Waals surface area contributed by atoms with Crippen LogP contribution in [0, 0.1) is 0 Å². The van der Waals surface area contributed by atoms with Crippen LogP contribution in [-0.4, -0.2) is 33.3 Å². The highest BCUT2D eigenvalue weighted by molar-refractivity contribution is 6.09. The monoisotopic (exact) mass is 405 g/mol. The summed E-state index contributed by atoms with van der Waals surface area (Å²) in [5.41, 5.74) is 1.91. The Morgan fingerprint density at radius 3 is 2.40 bits per heavy atom. The molecule has 0 fully saturated rings. The van der Waals surface area contributed by atoms with Gasteiger partial charge in [-0.3, -0.25) is 0 Å². The molecule has 0 bridgehead atoms. The van der Waals surface area contributed by atoms with Crippen LogP contribution in [0.3, 0.4) is 0 Å². The first-order chi connectivity index (χ1) is 14.6. The molecular weight excluding hydrogens is 386 g/mol. The molecule has 0 atom stereocenters. The van der Waals surface area contributed by atoms with E-state index >= 15 is 0 Å². The fraction of sp³-hybridized carbons (Fsp3) is 0.130. The molecule has 1 aliphatic rings. The van der Waals surface area contributed by atoms with E-state index < -0.39 is 11.9 Å². The van der Waals surface area contributed by atoms with Gasteiger partial charge in [0.05, 0.1) is 32.6 Å². The van der Waals surface area contributed by atoms with Gasteiger partial charge in [0, 0.05) is 23.0 Å². The molecule has 7 nitrogen and oxygen atoms in total. The van der Waals surface area contributed by atoms with Gasteiger partial charge in [0.25, 0.3) is 0 Å². The third kappa shape index (κ3) is 3.10. The second kappa shape index (κ2) is 7.79. The Balaban J connectivity index is 1.99. The zero-order valence-corrected chi connectivity index (χ0v) is 16.7. The number of para-hydroxylation sites is 1. The predicted octanol–water partition coefficient (Wildman–Crippen LogP) is 4.08. The maximum atomic E-state index is 12.7. The van der Waals surface area contributed by atoms with Crippen molar-refractivity contribution >= 4 is 39.6 Å². The Kier molecular flexibility index (Phi) is 5.02. The molecule has 0 unspecified atom stereocenters. The first-order valence-corrected chi connectivity index (χ1v) is 9.13. The Bertz CT molecular complexity index is 1250. The smallest absolute Gasteiger partial charge is 0.355 e. The highest BCUT2D eigenvalue weighted by Crippen LogP contribution is 2.40. The molecule has 2 aromatic carbocycles. The number of ether oxygens (including phenoxy) is 3. The Hall–Kier alpha value is -4.00. The van der Waals surface area contributed by atoms with Crippen LogP contribution in [0.15, 0.2) is 76.5 Å². The van der Waals surface area contributed by atoms with E-state index in [0.29, 0.717) is 17.0 Å². The molecule has 0 spiro atoms. The normalized spacial score (nSPS) is 13.6. The number of hydrogen-bond donors (Lipinski definition) is 0. The van der Waals surface area contributed by atoms with Crippen molar-refractivity contribution in [3.05, 3.63) is 72.1 Å². The fourth-order valence-corrected chi connectivity index (χ4v) is 3.44. The van der Waals surface area contributed by atoms with Gasteiger partial charge in [-0.1, -0.05) is 24.3 Å². The van der Waals surface area contributed by atoms with Crippen LogP contribution in [0.5, 0.6) is 5.75 Å². The molecule has 0 radical (unpaired) electrons. The maximum Gasteiger partial charge on any atom is 0.355 e. The van der Waals surface area contributed by atoms with Gasteiger partial charge in [-0.15, -0.1) is 0 Å². The van der Waals surface area contributed by atoms with Crippen molar-refractivity contribution in [1.29, 1.82) is 0 Å². The van der Waals surface area contributed by atoms with Gasteiger partial charge in [0.2, 0.25) is 0 Å². The van der Waals surface area contributed by atoms with Crippen LogP contribution in [0.4, 0.5) is 5.69 Å². The summed E-state index contributed by atoms with van der Waals surface area (Å²) in [6.07, 6.45) is 6.48. The number of carbonyl (C=O) groups excluding carboxylic acids is 2. The molecule has 3 aromatic rings. The predicted molar refractivity (Wildman–Crippen MR) is 112 cm³/mol. The van der Waals surface area contributed by atoms with Gasteiger partial charge in [0.15, 0.2) is 0 Å². The number of furan rings is 1. The lowest BCUT2D eigenvalue weighted by atomic mass is 10.1. The van der Waals surface area contributed by atoms with Gasteiger partial charge in [0.1, 0.15) is 22.6 Å². The summed E-state index contributed by atoms with van der Waals surface area (Å²) in [4.78, 5) is 26.6. The molecular formula is C23H19NO6. The molecule has 0 amide bonds. The Morgan fingerprint density at radius 2 is 1.67 bits per heavy atom. The van der Waals surface area contributed by atoms with Gasteiger partial charge in [-0.05, 0) is 24.3 Å². The van der Waals surface area contributed by atoms with Gasteiger partial charge < -0.3 is 23.5 Å². The number of anilines is 1. The molecule has 152 valence electrons. The molecule has 1 aromatic heterocycles. The van der Waals surface area contributed by atoms with Crippen molar-refractivity contribution < 1.29 is 28.2 Å². The number of fused-ring (bicyclic) bond motifs is 3. The lowest BCUT2D eigenvalue weighted by molar-refractivity contribution is -0.139. The molecule has 1 aliphatic heterocycles. The second-order valence-corrected chi connectivity index (χ2v) is 6.43. The number of rotatable bonds is 4. The summed E-state index contributed by atoms with van der Waals surface area (Å²) in [5.74, 6) is -0.867. The number of benzene rings is 2. The standard InChI is InChI=1S/C23H19NO6/c1-27-20-12-16-14-8-4-5-10-18(14)30-19(16)13-17(20)24-11-7-6-9-15(22(25)28-2)21(24)23(26)29-3/h4-13H,1-3H3. The van der Waals surface area contributed by atoms with E-state index in [-0.39, 0.29) is 11.3 Å². The van der Waals surface area contributed by atoms with Gasteiger partial charge >= 0.3 is 11.9 Å². The number of esters is 2. The van der Waals surface area contributed by atoms with E-state index in [1.165, 1.54) is 32.3 Å². The number of nitrogens with zero attached hydrogens (tertiary/aromatic N) is 1. The zero-order chi connectivity index (χ0) is 21.3. The first-order valence-electron chi connectivity index (χ1n) is 9.13. The van der Waals surface area contributed by atoms with Crippen LogP contribution < -0.4 is 9.64 Å². The minimum absolute atomic E-state index is 0.00288. The van der Waals surface area contributed by atoms with E-state index in [1.807, 2.05) is 30.3 Å². The molecule has 0 saturated heterocycles. The third-order valence-electron chi connectivity index (χ3n) is 4.83. The highest BCUT2D eigenvalue weighted by Gasteiger charge is 2.29. The largest absolute Gasteiger partial charge is 0.495 e. The molecule has 7 heteroatoms. The summed E-state index contributed by atoms with van der Waals surface area (Å²) in [5, 5.41) is 1.82. The minimum atomic E-state index is -0.696. The van der Waals surface area contributed by atoms with Crippen molar-refractivity contribution in [3.63, 3.8) is 0 Å². The molecule has 4 rings (SSSR count). The van der Waals surface area contributed by atoms with Crippen molar-refractivity contribution in [3.8, 4) is 5.75 Å². The lowest BCUT2D eigenvalue weighted by Gasteiger charge is -2.24. The maximum absolute atomic E-state index is 12.7. The Labute approximate surface area is 172 Å². The molecule has 2 heterocycles. The van der Waals surface area contributed by atoms with E-state index in [0.717, 1.165) is 16.4 Å². The van der Waals surface area contributed by atoms with Crippen LogP contribution in [0.2, 0.25) is 0 Å². The molecule has 0 N–H and O–H groups in total. The highest BCUT2D eigenvalue weighted by atomic mass is 16.5. The third-order valence-corrected chi connectivity index (χ3v) is 4.83. The number of hydrogen-bond acceptors (Lipinski definition) is 7. The minimum Gasteiger partial charge on any atom is -0.495 e. The van der Waals surface area contributed by atoms with E-state index in [9.17, 15) is 9.59 Å². The quantitative estimate of drug-likeness (QED) is 0.605. The van der Waals surface area contributed by atoms with E-state index in [4.69, 9.17) is 18.6 Å². The molecule has 30 heavy (non-hydrogen) atoms. The molecule has 0 saturated carbocycles. The summed E-state index contributed by atoms with van der Waals surface area (Å²) >= 11 is 0. The van der Waals surface area contributed by atoms with E-state index in [1.54, 1.807) is 24.4 Å². The zero-order valence-electron chi connectivity index (χ0n) is 16.7. The lowest BCUT2D eigenvalue weighted by Crippen LogP contribution is -2.27. The van der Waals surface area contributed by atoms with Crippen LogP contribution in [0.1, 0.15) is 0 Å². The average Bonchev–Trinajstić information content (AvgIpc) is 2.99. The number of allylic oxidation sites excluding steroid dienone is 2. The second-order valence-electron chi connectivity index (χ2n) is 6.43. The fourth-order valence-electron chi connectivity index (χ4n) is 3.44. The van der Waals surface area contributed by atoms with E-state index in [2.05, 4.69) is 0 Å². The van der Waals surface area contributed by atoms with Crippen LogP contribution in [0.25, 0.3) is 21.9 Å². The van der Waals surface area contributed by atoms with Crippen molar-refractivity contribution in [2.45, 2.75) is 0 Å². The van der Waals surface area contributed by atoms with Crippen molar-refractivity contribution in [2.75, 3.05) is 26.2 Å². The van der Waals surface area contributed by atoms with Crippen LogP contribution >= 0.6 is 0 Å². The van der Waals surface area contributed by atoms with Crippen LogP contribution in [-0.2, 0) is 19.1 Å². The average molecular weight is 405 g/mol. The van der Waals surface area contributed by atoms with Gasteiger partial charge in [-0.2, -0.15) is 0 Å². The number of carbonyl (C=O) groups is 2. The SMILES string of the molecule is COC(=O)C1=C(C(=O)OC)N(c2cc3oc4ccccc4c3cc2OC)C=CC=C1. The Morgan fingerprint density at radius 1 is 0.900 bits per heavy atom. The first kappa shape index (κ1) is 19.3. The summed E-state index contributed by atoms with van der Waals surface area (Å²) in [6, 6.07) is 11.3. The number of methoxy groups -OCH3 is 3. The summed E-state index contributed by atoms with van der Waals surface area (Å²) < 4.78 is 21.4. The molecule has 0 aliphatic carbocycles. The van der Waals surface area contributed by atoms with Crippen molar-refractivity contribution in [1.82, 2.24) is 0 Å². The van der Waals surface area contributed by atoms with Crippen molar-refractivity contribution in [2.24, 2.45) is 0 Å². The summed E-state index contributed by atoms with van der Waals surface area (Å²) in [6.45, 7) is 0.